The van der Waals surface area contributed by atoms with Crippen LogP contribution in [0.15, 0.2) is 40.2 Å². The molecule has 160 valence electrons. The summed E-state index contributed by atoms with van der Waals surface area (Å²) >= 11 is 4.67. The number of nitrogens with zero attached hydrogens (tertiary/aromatic N) is 1. The summed E-state index contributed by atoms with van der Waals surface area (Å²) in [4.78, 5) is 38.0. The minimum atomic E-state index is -0.205. The number of likely N-dealkylation sites (N-methyl/N-ethyl adjacent to an activating group) is 1. The average molecular weight is 494 g/mol. The number of thiophene rings is 1. The van der Waals surface area contributed by atoms with Crippen LogP contribution in [-0.2, 0) is 16.0 Å². The minimum Gasteiger partial charge on any atom is -0.484 e. The van der Waals surface area contributed by atoms with Gasteiger partial charge in [0.2, 0.25) is 5.91 Å². The Hall–Kier alpha value is -2.39. The van der Waals surface area contributed by atoms with Gasteiger partial charge in [-0.1, -0.05) is 12.1 Å². The van der Waals surface area contributed by atoms with Gasteiger partial charge in [-0.2, -0.15) is 0 Å². The van der Waals surface area contributed by atoms with Gasteiger partial charge in [0, 0.05) is 19.6 Å². The van der Waals surface area contributed by atoms with Crippen LogP contribution in [0.3, 0.4) is 0 Å². The Bertz CT molecular complexity index is 896. The largest absolute Gasteiger partial charge is 0.484 e. The van der Waals surface area contributed by atoms with Crippen LogP contribution in [0.25, 0.3) is 0 Å². The molecule has 1 aromatic heterocycles. The van der Waals surface area contributed by atoms with Crippen molar-refractivity contribution in [3.63, 3.8) is 0 Å². The second-order valence-electron chi connectivity index (χ2n) is 7.14. The molecule has 1 fully saturated rings. The van der Waals surface area contributed by atoms with E-state index in [1.54, 1.807) is 13.1 Å². The van der Waals surface area contributed by atoms with E-state index >= 15 is 0 Å². The van der Waals surface area contributed by atoms with Crippen LogP contribution in [0.2, 0.25) is 0 Å². The lowest BCUT2D eigenvalue weighted by atomic mass is 10.1. The van der Waals surface area contributed by atoms with Gasteiger partial charge in [-0.25, -0.2) is 0 Å². The number of carbonyl (C=O) groups is 3. The Kier molecular flexibility index (Phi) is 7.87. The molecule has 7 nitrogen and oxygen atoms in total. The molecule has 3 amide bonds. The fourth-order valence-electron chi connectivity index (χ4n) is 2.70. The minimum absolute atomic E-state index is 0.00402. The summed E-state index contributed by atoms with van der Waals surface area (Å²) in [7, 11) is 1.61. The molecule has 3 rings (SSSR count). The molecule has 0 radical (unpaired) electrons. The fourth-order valence-corrected chi connectivity index (χ4v) is 4.09. The van der Waals surface area contributed by atoms with Crippen LogP contribution >= 0.6 is 27.3 Å². The standard InChI is InChI=1S/C21H24BrN3O4S/c1-25(21(28)17-8-9-18(22)30-17)12-19(26)23-11-10-14-2-6-16(7-3-14)29-13-20(27)24-15-4-5-15/h2-3,6-9,15H,4-5,10-13H2,1H3,(H,23,26)(H,24,27). The zero-order valence-electron chi connectivity index (χ0n) is 16.7. The van der Waals surface area contributed by atoms with Gasteiger partial charge in [-0.05, 0) is 65.0 Å². The highest BCUT2D eigenvalue weighted by Crippen LogP contribution is 2.23. The molecule has 0 bridgehead atoms. The molecule has 0 unspecified atom stereocenters. The van der Waals surface area contributed by atoms with E-state index in [2.05, 4.69) is 26.6 Å². The molecular weight excluding hydrogens is 470 g/mol. The van der Waals surface area contributed by atoms with E-state index in [0.29, 0.717) is 29.6 Å². The Labute approximate surface area is 187 Å². The van der Waals surface area contributed by atoms with Crippen molar-refractivity contribution in [2.24, 2.45) is 0 Å². The van der Waals surface area contributed by atoms with E-state index in [4.69, 9.17) is 4.74 Å². The summed E-state index contributed by atoms with van der Waals surface area (Å²) in [6, 6.07) is 11.3. The van der Waals surface area contributed by atoms with Crippen LogP contribution in [-0.4, -0.2) is 55.4 Å². The molecular formula is C21H24BrN3O4S. The normalized spacial score (nSPS) is 12.9. The predicted molar refractivity (Wildman–Crippen MR) is 119 cm³/mol. The monoisotopic (exact) mass is 493 g/mol. The van der Waals surface area contributed by atoms with E-state index < -0.39 is 0 Å². The number of benzene rings is 1. The maximum atomic E-state index is 12.3. The van der Waals surface area contributed by atoms with Crippen LogP contribution in [0.1, 0.15) is 28.1 Å². The van der Waals surface area contributed by atoms with Gasteiger partial charge >= 0.3 is 0 Å². The van der Waals surface area contributed by atoms with Crippen LogP contribution in [0.4, 0.5) is 0 Å². The Morgan fingerprint density at radius 3 is 2.50 bits per heavy atom. The topological polar surface area (TPSA) is 87.7 Å². The van der Waals surface area contributed by atoms with Crippen LogP contribution in [0.5, 0.6) is 5.75 Å². The second-order valence-corrected chi connectivity index (χ2v) is 9.60. The molecule has 0 atom stereocenters. The molecule has 1 saturated carbocycles. The first-order valence-electron chi connectivity index (χ1n) is 9.69. The van der Waals surface area contributed by atoms with Crippen molar-refractivity contribution in [3.8, 4) is 5.75 Å². The molecule has 2 aromatic rings. The van der Waals surface area contributed by atoms with E-state index in [1.165, 1.54) is 16.2 Å². The molecule has 0 spiro atoms. The predicted octanol–water partition coefficient (Wildman–Crippen LogP) is 2.60. The summed E-state index contributed by atoms with van der Waals surface area (Å²) < 4.78 is 6.35. The zero-order chi connectivity index (χ0) is 21.5. The maximum absolute atomic E-state index is 12.3. The first kappa shape index (κ1) is 22.3. The number of halogens is 1. The highest BCUT2D eigenvalue weighted by Gasteiger charge is 2.23. The Morgan fingerprint density at radius 2 is 1.87 bits per heavy atom. The third-order valence-corrected chi connectivity index (χ3v) is 6.09. The number of ether oxygens (including phenoxy) is 1. The average Bonchev–Trinajstić information content (AvgIpc) is 3.43. The summed E-state index contributed by atoms with van der Waals surface area (Å²) in [6.45, 7) is 0.486. The second kappa shape index (κ2) is 10.6. The zero-order valence-corrected chi connectivity index (χ0v) is 19.1. The van der Waals surface area contributed by atoms with E-state index in [9.17, 15) is 14.4 Å². The molecule has 1 aromatic carbocycles. The SMILES string of the molecule is CN(CC(=O)NCCc1ccc(OCC(=O)NC2CC2)cc1)C(=O)c1ccc(Br)s1. The lowest BCUT2D eigenvalue weighted by Gasteiger charge is -2.16. The number of amides is 3. The first-order chi connectivity index (χ1) is 14.4. The third kappa shape index (κ3) is 7.14. The van der Waals surface area contributed by atoms with Gasteiger partial charge in [0.05, 0.1) is 15.2 Å². The highest BCUT2D eigenvalue weighted by atomic mass is 79.9. The van der Waals surface area contributed by atoms with Crippen LogP contribution in [0, 0.1) is 0 Å². The summed E-state index contributed by atoms with van der Waals surface area (Å²) in [5.74, 6) is 0.152. The smallest absolute Gasteiger partial charge is 0.264 e. The molecule has 0 saturated heterocycles. The van der Waals surface area contributed by atoms with Crippen molar-refractivity contribution < 1.29 is 19.1 Å². The molecule has 30 heavy (non-hydrogen) atoms. The maximum Gasteiger partial charge on any atom is 0.264 e. The molecule has 9 heteroatoms. The lowest BCUT2D eigenvalue weighted by molar-refractivity contribution is -0.123. The van der Waals surface area contributed by atoms with Crippen molar-refractivity contribution in [2.75, 3.05) is 26.7 Å². The van der Waals surface area contributed by atoms with Crippen molar-refractivity contribution in [1.82, 2.24) is 15.5 Å². The third-order valence-electron chi connectivity index (χ3n) is 4.48. The van der Waals surface area contributed by atoms with Gasteiger partial charge in [0.15, 0.2) is 6.61 Å². The molecule has 2 N–H and O–H groups in total. The first-order valence-corrected chi connectivity index (χ1v) is 11.3. The van der Waals surface area contributed by atoms with Gasteiger partial charge < -0.3 is 20.3 Å². The summed E-state index contributed by atoms with van der Waals surface area (Å²) in [5.41, 5.74) is 1.04. The van der Waals surface area contributed by atoms with Crippen molar-refractivity contribution in [1.29, 1.82) is 0 Å². The fraction of sp³-hybridized carbons (Fsp3) is 0.381. The number of rotatable bonds is 10. The Morgan fingerprint density at radius 1 is 1.13 bits per heavy atom. The van der Waals surface area contributed by atoms with Crippen molar-refractivity contribution in [3.05, 3.63) is 50.6 Å². The molecule has 1 aliphatic rings. The van der Waals surface area contributed by atoms with Gasteiger partial charge in [-0.3, -0.25) is 14.4 Å². The highest BCUT2D eigenvalue weighted by molar-refractivity contribution is 9.11. The quantitative estimate of drug-likeness (QED) is 0.532. The Balaban J connectivity index is 1.34. The van der Waals surface area contributed by atoms with Gasteiger partial charge in [-0.15, -0.1) is 11.3 Å². The van der Waals surface area contributed by atoms with E-state index in [0.717, 1.165) is 22.2 Å². The van der Waals surface area contributed by atoms with Gasteiger partial charge in [0.25, 0.3) is 11.8 Å². The number of carbonyl (C=O) groups excluding carboxylic acids is 3. The van der Waals surface area contributed by atoms with Crippen molar-refractivity contribution >= 4 is 45.0 Å². The number of hydrogen-bond donors (Lipinski definition) is 2. The molecule has 1 aliphatic carbocycles. The lowest BCUT2D eigenvalue weighted by Crippen LogP contribution is -2.38. The number of nitrogens with one attached hydrogen (secondary N) is 2. The molecule has 1 heterocycles. The van der Waals surface area contributed by atoms with Crippen LogP contribution < -0.4 is 15.4 Å². The summed E-state index contributed by atoms with van der Waals surface area (Å²) in [5, 5.41) is 5.70. The van der Waals surface area contributed by atoms with Crippen molar-refractivity contribution in [2.45, 2.75) is 25.3 Å². The summed E-state index contributed by atoms with van der Waals surface area (Å²) in [6.07, 6.45) is 2.76. The van der Waals surface area contributed by atoms with Gasteiger partial charge in [0.1, 0.15) is 5.75 Å². The molecule has 0 aliphatic heterocycles. The van der Waals surface area contributed by atoms with E-state index in [1.807, 2.05) is 30.3 Å². The number of hydrogen-bond acceptors (Lipinski definition) is 5. The van der Waals surface area contributed by atoms with E-state index in [-0.39, 0.29) is 30.9 Å².